The predicted octanol–water partition coefficient (Wildman–Crippen LogP) is 10.4. The van der Waals surface area contributed by atoms with E-state index >= 15 is 0 Å². The second-order valence-corrected chi connectivity index (χ2v) is 11.4. The van der Waals surface area contributed by atoms with Crippen molar-refractivity contribution in [2.24, 2.45) is 0 Å². The van der Waals surface area contributed by atoms with Crippen LogP contribution in [-0.4, -0.2) is 18.7 Å². The standard InChI is InChI=1S/C37H48O4/c1-3-5-7-9-11-13-15-35-28-32-27-31(20-25-36(32)40-35)37(38)41-34-23-18-30(19-24-34)29-16-21-33(22-17-29)39-26-14-12-10-8-6-4-2/h16-25,27,35H,3-15,26,28H2,1-2H3. The van der Waals surface area contributed by atoms with Crippen molar-refractivity contribution < 1.29 is 19.0 Å². The maximum absolute atomic E-state index is 12.9. The lowest BCUT2D eigenvalue weighted by molar-refractivity contribution is 0.0734. The number of esters is 1. The van der Waals surface area contributed by atoms with Crippen molar-refractivity contribution in [2.75, 3.05) is 6.61 Å². The Kier molecular flexibility index (Phi) is 12.6. The molecule has 1 aliphatic rings. The van der Waals surface area contributed by atoms with Crippen molar-refractivity contribution in [3.8, 4) is 28.4 Å². The number of carbonyl (C=O) groups is 1. The Morgan fingerprint density at radius 3 is 1.95 bits per heavy atom. The first-order valence-electron chi connectivity index (χ1n) is 16.0. The van der Waals surface area contributed by atoms with E-state index < -0.39 is 0 Å². The second kappa shape index (κ2) is 16.9. The van der Waals surface area contributed by atoms with Gasteiger partial charge in [-0.3, -0.25) is 0 Å². The van der Waals surface area contributed by atoms with Gasteiger partial charge in [-0.25, -0.2) is 4.79 Å². The lowest BCUT2D eigenvalue weighted by Crippen LogP contribution is -2.12. The first-order valence-corrected chi connectivity index (χ1v) is 16.0. The minimum Gasteiger partial charge on any atom is -0.494 e. The number of rotatable bonds is 18. The van der Waals surface area contributed by atoms with Gasteiger partial charge in [-0.1, -0.05) is 102 Å². The summed E-state index contributed by atoms with van der Waals surface area (Å²) < 4.78 is 17.7. The summed E-state index contributed by atoms with van der Waals surface area (Å²) in [6.07, 6.45) is 17.4. The summed E-state index contributed by atoms with van der Waals surface area (Å²) in [5.41, 5.74) is 3.83. The summed E-state index contributed by atoms with van der Waals surface area (Å²) in [6.45, 7) is 5.26. The highest BCUT2D eigenvalue weighted by atomic mass is 16.5. The topological polar surface area (TPSA) is 44.8 Å². The summed E-state index contributed by atoms with van der Waals surface area (Å²) in [5, 5.41) is 0. The SMILES string of the molecule is CCCCCCCCOc1ccc(-c2ccc(OC(=O)c3ccc4c(c3)CC(CCCCCCCC)O4)cc2)cc1. The smallest absolute Gasteiger partial charge is 0.343 e. The fraction of sp³-hybridized carbons (Fsp3) is 0.486. The normalized spacial score (nSPS) is 14.0. The number of hydrogen-bond donors (Lipinski definition) is 0. The molecule has 3 aromatic rings. The van der Waals surface area contributed by atoms with Crippen molar-refractivity contribution in [3.05, 3.63) is 77.9 Å². The zero-order chi connectivity index (χ0) is 28.7. The van der Waals surface area contributed by atoms with Crippen LogP contribution in [0.3, 0.4) is 0 Å². The van der Waals surface area contributed by atoms with Gasteiger partial charge in [0, 0.05) is 6.42 Å². The molecule has 0 saturated carbocycles. The molecule has 1 atom stereocenters. The summed E-state index contributed by atoms with van der Waals surface area (Å²) >= 11 is 0. The molecule has 220 valence electrons. The number of unbranched alkanes of at least 4 members (excludes halogenated alkanes) is 10. The van der Waals surface area contributed by atoms with Gasteiger partial charge < -0.3 is 14.2 Å². The second-order valence-electron chi connectivity index (χ2n) is 11.4. The van der Waals surface area contributed by atoms with Crippen molar-refractivity contribution in [2.45, 2.75) is 110 Å². The first-order chi connectivity index (χ1) is 20.2. The minimum atomic E-state index is -0.341. The molecule has 4 heteroatoms. The molecule has 0 bridgehead atoms. The third-order valence-electron chi connectivity index (χ3n) is 7.94. The van der Waals surface area contributed by atoms with E-state index in [1.807, 2.05) is 48.5 Å². The average Bonchev–Trinajstić information content (AvgIpc) is 3.41. The average molecular weight is 557 g/mol. The largest absolute Gasteiger partial charge is 0.494 e. The van der Waals surface area contributed by atoms with E-state index in [4.69, 9.17) is 14.2 Å². The number of fused-ring (bicyclic) bond motifs is 1. The van der Waals surface area contributed by atoms with Crippen LogP contribution >= 0.6 is 0 Å². The number of hydrogen-bond acceptors (Lipinski definition) is 4. The Balaban J connectivity index is 1.21. The van der Waals surface area contributed by atoms with E-state index in [-0.39, 0.29) is 12.1 Å². The van der Waals surface area contributed by atoms with Gasteiger partial charge in [0.2, 0.25) is 0 Å². The first kappa shape index (κ1) is 30.7. The van der Waals surface area contributed by atoms with Gasteiger partial charge in [0.15, 0.2) is 0 Å². The van der Waals surface area contributed by atoms with Crippen LogP contribution in [0.15, 0.2) is 66.7 Å². The van der Waals surface area contributed by atoms with E-state index in [2.05, 4.69) is 26.0 Å². The molecule has 0 radical (unpaired) electrons. The molecule has 4 nitrogen and oxygen atoms in total. The van der Waals surface area contributed by atoms with Crippen LogP contribution in [0.4, 0.5) is 0 Å². The number of carbonyl (C=O) groups excluding carboxylic acids is 1. The maximum atomic E-state index is 12.9. The third kappa shape index (κ3) is 9.95. The lowest BCUT2D eigenvalue weighted by Gasteiger charge is -2.10. The van der Waals surface area contributed by atoms with Crippen molar-refractivity contribution in [1.82, 2.24) is 0 Å². The molecule has 0 spiro atoms. The van der Waals surface area contributed by atoms with Gasteiger partial charge in [0.25, 0.3) is 0 Å². The quantitative estimate of drug-likeness (QED) is 0.0888. The van der Waals surface area contributed by atoms with Crippen molar-refractivity contribution in [3.63, 3.8) is 0 Å². The molecular weight excluding hydrogens is 508 g/mol. The van der Waals surface area contributed by atoms with Gasteiger partial charge in [-0.2, -0.15) is 0 Å². The van der Waals surface area contributed by atoms with Crippen LogP contribution in [0.2, 0.25) is 0 Å². The monoisotopic (exact) mass is 556 g/mol. The fourth-order valence-electron chi connectivity index (χ4n) is 5.46. The van der Waals surface area contributed by atoms with Crippen molar-refractivity contribution >= 4 is 5.97 Å². The van der Waals surface area contributed by atoms with E-state index in [0.717, 1.165) is 54.1 Å². The Hall–Kier alpha value is -3.27. The molecule has 0 aliphatic carbocycles. The Bertz CT molecular complexity index is 1180. The number of ether oxygens (including phenoxy) is 3. The highest BCUT2D eigenvalue weighted by Gasteiger charge is 2.24. The van der Waals surface area contributed by atoms with Gasteiger partial charge in [-0.15, -0.1) is 0 Å². The molecule has 0 aromatic heterocycles. The van der Waals surface area contributed by atoms with E-state index in [9.17, 15) is 4.79 Å². The predicted molar refractivity (Wildman–Crippen MR) is 168 cm³/mol. The highest BCUT2D eigenvalue weighted by molar-refractivity contribution is 5.91. The molecule has 1 heterocycles. The van der Waals surface area contributed by atoms with E-state index in [0.29, 0.717) is 11.3 Å². The van der Waals surface area contributed by atoms with Gasteiger partial charge >= 0.3 is 5.97 Å². The Morgan fingerprint density at radius 1 is 0.707 bits per heavy atom. The molecule has 4 rings (SSSR count). The van der Waals surface area contributed by atoms with Gasteiger partial charge in [0.05, 0.1) is 12.2 Å². The maximum Gasteiger partial charge on any atom is 0.343 e. The Labute approximate surface area is 247 Å². The summed E-state index contributed by atoms with van der Waals surface area (Å²) in [7, 11) is 0. The summed E-state index contributed by atoms with van der Waals surface area (Å²) in [4.78, 5) is 12.9. The van der Waals surface area contributed by atoms with Crippen LogP contribution in [0, 0.1) is 0 Å². The summed E-state index contributed by atoms with van der Waals surface area (Å²) in [5.74, 6) is 2.00. The number of benzene rings is 3. The Morgan fingerprint density at radius 2 is 1.29 bits per heavy atom. The molecular formula is C37H48O4. The van der Waals surface area contributed by atoms with Crippen LogP contribution in [0.1, 0.15) is 113 Å². The molecule has 0 saturated heterocycles. The zero-order valence-corrected chi connectivity index (χ0v) is 25.2. The van der Waals surface area contributed by atoms with Crippen LogP contribution in [0.5, 0.6) is 17.2 Å². The van der Waals surface area contributed by atoms with Crippen molar-refractivity contribution in [1.29, 1.82) is 0 Å². The molecule has 1 unspecified atom stereocenters. The highest BCUT2D eigenvalue weighted by Crippen LogP contribution is 2.32. The zero-order valence-electron chi connectivity index (χ0n) is 25.2. The van der Waals surface area contributed by atoms with E-state index in [1.165, 1.54) is 70.6 Å². The minimum absolute atomic E-state index is 0.218. The van der Waals surface area contributed by atoms with Gasteiger partial charge in [0.1, 0.15) is 23.4 Å². The molecule has 0 amide bonds. The molecule has 0 N–H and O–H groups in total. The fourth-order valence-corrected chi connectivity index (χ4v) is 5.46. The molecule has 41 heavy (non-hydrogen) atoms. The van der Waals surface area contributed by atoms with Crippen LogP contribution in [0.25, 0.3) is 11.1 Å². The van der Waals surface area contributed by atoms with Crippen LogP contribution in [-0.2, 0) is 6.42 Å². The van der Waals surface area contributed by atoms with Crippen LogP contribution < -0.4 is 14.2 Å². The van der Waals surface area contributed by atoms with E-state index in [1.54, 1.807) is 6.07 Å². The molecule has 1 aliphatic heterocycles. The molecule has 3 aromatic carbocycles. The lowest BCUT2D eigenvalue weighted by atomic mass is 10.0. The molecule has 0 fully saturated rings. The third-order valence-corrected chi connectivity index (χ3v) is 7.94. The van der Waals surface area contributed by atoms with Gasteiger partial charge in [-0.05, 0) is 78.4 Å². The summed E-state index contributed by atoms with van der Waals surface area (Å²) in [6, 6.07) is 21.5.